The van der Waals surface area contributed by atoms with E-state index in [2.05, 4.69) is 5.16 Å². The molecule has 0 aliphatic heterocycles. The van der Waals surface area contributed by atoms with Crippen molar-refractivity contribution in [2.45, 2.75) is 12.8 Å². The number of hydrogen-bond acceptors (Lipinski definition) is 6. The molecule has 0 heterocycles. The number of ether oxygens (including phenoxy) is 3. The van der Waals surface area contributed by atoms with E-state index in [4.69, 9.17) is 19.0 Å². The van der Waals surface area contributed by atoms with Crippen LogP contribution in [0.2, 0.25) is 0 Å². The molecule has 1 aromatic rings. The van der Waals surface area contributed by atoms with Gasteiger partial charge in [-0.2, -0.15) is 0 Å². The molecule has 0 saturated heterocycles. The Bertz CT molecular complexity index is 497. The lowest BCUT2D eigenvalue weighted by Gasteiger charge is -2.11. The van der Waals surface area contributed by atoms with Gasteiger partial charge in [-0.25, -0.2) is 4.79 Å². The highest BCUT2D eigenvalue weighted by Crippen LogP contribution is 2.33. The minimum Gasteiger partial charge on any atom is -0.496 e. The summed E-state index contributed by atoms with van der Waals surface area (Å²) in [6.07, 6.45) is 3.16. The molecular weight excluding hydrogens is 262 g/mol. The highest BCUT2D eigenvalue weighted by atomic mass is 16.7. The zero-order chi connectivity index (χ0) is 14.5. The minimum atomic E-state index is -0.298. The molecule has 20 heavy (non-hydrogen) atoms. The van der Waals surface area contributed by atoms with E-state index in [1.54, 1.807) is 19.2 Å². The molecule has 6 heteroatoms. The van der Waals surface area contributed by atoms with E-state index in [9.17, 15) is 4.79 Å². The summed E-state index contributed by atoms with van der Waals surface area (Å²) >= 11 is 0. The second-order valence-corrected chi connectivity index (χ2v) is 4.36. The second kappa shape index (κ2) is 6.27. The lowest BCUT2D eigenvalue weighted by Crippen LogP contribution is -2.03. The van der Waals surface area contributed by atoms with Crippen LogP contribution in [-0.4, -0.2) is 33.5 Å². The topological polar surface area (TPSA) is 66.3 Å². The SMILES string of the molecule is COc1cc(OC)c(/C=N\OC(=O)C2CC2)c(OC)c1. The fraction of sp³-hybridized carbons (Fsp3) is 0.429. The maximum absolute atomic E-state index is 11.4. The summed E-state index contributed by atoms with van der Waals surface area (Å²) < 4.78 is 15.7. The van der Waals surface area contributed by atoms with Crippen LogP contribution >= 0.6 is 0 Å². The van der Waals surface area contributed by atoms with Crippen molar-refractivity contribution >= 4 is 12.2 Å². The van der Waals surface area contributed by atoms with Crippen LogP contribution < -0.4 is 14.2 Å². The van der Waals surface area contributed by atoms with Gasteiger partial charge in [0.2, 0.25) is 0 Å². The van der Waals surface area contributed by atoms with Gasteiger partial charge in [0.25, 0.3) is 0 Å². The van der Waals surface area contributed by atoms with Crippen molar-refractivity contribution in [3.63, 3.8) is 0 Å². The van der Waals surface area contributed by atoms with Gasteiger partial charge in [0.15, 0.2) is 0 Å². The van der Waals surface area contributed by atoms with Crippen LogP contribution in [0.1, 0.15) is 18.4 Å². The fourth-order valence-corrected chi connectivity index (χ4v) is 1.68. The number of oxime groups is 1. The highest BCUT2D eigenvalue weighted by Gasteiger charge is 2.31. The highest BCUT2D eigenvalue weighted by molar-refractivity contribution is 5.88. The molecule has 1 aliphatic carbocycles. The van der Waals surface area contributed by atoms with Crippen LogP contribution in [0.5, 0.6) is 17.2 Å². The molecule has 0 amide bonds. The summed E-state index contributed by atoms with van der Waals surface area (Å²) in [5.41, 5.74) is 0.583. The summed E-state index contributed by atoms with van der Waals surface area (Å²) in [5.74, 6) is 1.35. The molecule has 0 radical (unpaired) electrons. The number of rotatable bonds is 6. The van der Waals surface area contributed by atoms with Crippen molar-refractivity contribution < 1.29 is 23.8 Å². The first-order chi connectivity index (χ1) is 9.69. The summed E-state index contributed by atoms with van der Waals surface area (Å²) in [6.45, 7) is 0. The van der Waals surface area contributed by atoms with Crippen molar-refractivity contribution in [2.24, 2.45) is 11.1 Å². The van der Waals surface area contributed by atoms with Gasteiger partial charge in [-0.15, -0.1) is 0 Å². The van der Waals surface area contributed by atoms with Gasteiger partial charge in [0.05, 0.1) is 39.0 Å². The van der Waals surface area contributed by atoms with Gasteiger partial charge < -0.3 is 19.0 Å². The molecule has 0 spiro atoms. The van der Waals surface area contributed by atoms with Gasteiger partial charge in [0, 0.05) is 12.1 Å². The lowest BCUT2D eigenvalue weighted by molar-refractivity contribution is -0.145. The number of nitrogens with zero attached hydrogens (tertiary/aromatic N) is 1. The van der Waals surface area contributed by atoms with Gasteiger partial charge in [-0.05, 0) is 12.8 Å². The normalized spacial score (nSPS) is 14.2. The molecule has 0 aromatic heterocycles. The smallest absolute Gasteiger partial charge is 0.338 e. The summed E-state index contributed by atoms with van der Waals surface area (Å²) in [4.78, 5) is 16.2. The van der Waals surface area contributed by atoms with Crippen molar-refractivity contribution in [1.29, 1.82) is 0 Å². The van der Waals surface area contributed by atoms with Crippen molar-refractivity contribution in [2.75, 3.05) is 21.3 Å². The van der Waals surface area contributed by atoms with Gasteiger partial charge >= 0.3 is 5.97 Å². The molecular formula is C14H17NO5. The minimum absolute atomic E-state index is 0.00630. The number of hydrogen-bond donors (Lipinski definition) is 0. The van der Waals surface area contributed by atoms with Crippen LogP contribution in [0.4, 0.5) is 0 Å². The zero-order valence-electron chi connectivity index (χ0n) is 11.7. The molecule has 1 aromatic carbocycles. The Hall–Kier alpha value is -2.24. The van der Waals surface area contributed by atoms with Crippen molar-refractivity contribution in [1.82, 2.24) is 0 Å². The number of benzene rings is 1. The van der Waals surface area contributed by atoms with E-state index in [-0.39, 0.29) is 11.9 Å². The molecule has 1 aliphatic rings. The van der Waals surface area contributed by atoms with E-state index in [0.29, 0.717) is 22.8 Å². The van der Waals surface area contributed by atoms with E-state index >= 15 is 0 Å². The standard InChI is InChI=1S/C14H17NO5/c1-17-10-6-12(18-2)11(13(7-10)19-3)8-15-20-14(16)9-4-5-9/h6-9H,4-5H2,1-3H3/b15-8-. The van der Waals surface area contributed by atoms with E-state index in [1.807, 2.05) is 0 Å². The molecule has 6 nitrogen and oxygen atoms in total. The summed E-state index contributed by atoms with van der Waals surface area (Å²) in [7, 11) is 4.61. The van der Waals surface area contributed by atoms with Crippen LogP contribution in [0.3, 0.4) is 0 Å². The molecule has 1 saturated carbocycles. The molecule has 2 rings (SSSR count). The van der Waals surface area contributed by atoms with Crippen LogP contribution in [0.15, 0.2) is 17.3 Å². The average molecular weight is 279 g/mol. The molecule has 0 unspecified atom stereocenters. The van der Waals surface area contributed by atoms with Crippen LogP contribution in [-0.2, 0) is 9.63 Å². The summed E-state index contributed by atoms with van der Waals surface area (Å²) in [5, 5.41) is 3.70. The Labute approximate surface area is 117 Å². The third kappa shape index (κ3) is 3.20. The van der Waals surface area contributed by atoms with Gasteiger partial charge in [-0.3, -0.25) is 0 Å². The predicted molar refractivity (Wildman–Crippen MR) is 72.5 cm³/mol. The first-order valence-corrected chi connectivity index (χ1v) is 6.23. The monoisotopic (exact) mass is 279 g/mol. The van der Waals surface area contributed by atoms with Crippen molar-refractivity contribution in [3.8, 4) is 17.2 Å². The predicted octanol–water partition coefficient (Wildman–Crippen LogP) is 2.00. The quantitative estimate of drug-likeness (QED) is 0.452. The molecule has 0 N–H and O–H groups in total. The second-order valence-electron chi connectivity index (χ2n) is 4.36. The molecule has 1 fully saturated rings. The third-order valence-electron chi connectivity index (χ3n) is 2.99. The van der Waals surface area contributed by atoms with Crippen LogP contribution in [0.25, 0.3) is 0 Å². The van der Waals surface area contributed by atoms with Crippen molar-refractivity contribution in [3.05, 3.63) is 17.7 Å². The zero-order valence-corrected chi connectivity index (χ0v) is 11.7. The largest absolute Gasteiger partial charge is 0.496 e. The Kier molecular flexibility index (Phi) is 4.45. The Morgan fingerprint density at radius 3 is 2.20 bits per heavy atom. The fourth-order valence-electron chi connectivity index (χ4n) is 1.68. The third-order valence-corrected chi connectivity index (χ3v) is 2.99. The van der Waals surface area contributed by atoms with Crippen LogP contribution in [0, 0.1) is 5.92 Å². The Morgan fingerprint density at radius 1 is 1.15 bits per heavy atom. The lowest BCUT2D eigenvalue weighted by atomic mass is 10.2. The number of carbonyl (C=O) groups is 1. The number of methoxy groups -OCH3 is 3. The van der Waals surface area contributed by atoms with Gasteiger partial charge in [-0.1, -0.05) is 5.16 Å². The molecule has 0 atom stereocenters. The van der Waals surface area contributed by atoms with E-state index < -0.39 is 0 Å². The Morgan fingerprint density at radius 2 is 1.75 bits per heavy atom. The maximum Gasteiger partial charge on any atom is 0.338 e. The van der Waals surface area contributed by atoms with E-state index in [0.717, 1.165) is 12.8 Å². The van der Waals surface area contributed by atoms with E-state index in [1.165, 1.54) is 20.4 Å². The molecule has 108 valence electrons. The first kappa shape index (κ1) is 14.2. The Balaban J connectivity index is 2.19. The average Bonchev–Trinajstić information content (AvgIpc) is 3.31. The first-order valence-electron chi connectivity index (χ1n) is 6.23. The number of carbonyl (C=O) groups excluding carboxylic acids is 1. The maximum atomic E-state index is 11.4. The molecule has 0 bridgehead atoms. The summed E-state index contributed by atoms with van der Waals surface area (Å²) in [6, 6.07) is 3.40. The van der Waals surface area contributed by atoms with Gasteiger partial charge in [0.1, 0.15) is 17.2 Å².